The second-order valence-corrected chi connectivity index (χ2v) is 4.35. The molecule has 0 N–H and O–H groups in total. The average molecular weight is 317 g/mol. The third-order valence-electron chi connectivity index (χ3n) is 2.23. The van der Waals surface area contributed by atoms with Crippen molar-refractivity contribution in [3.63, 3.8) is 0 Å². The van der Waals surface area contributed by atoms with E-state index < -0.39 is 0 Å². The molecule has 1 rings (SSSR count). The van der Waals surface area contributed by atoms with Crippen LogP contribution < -0.4 is 0 Å². The third kappa shape index (κ3) is 3.45. The van der Waals surface area contributed by atoms with Crippen LogP contribution in [0.1, 0.15) is 23.6 Å². The van der Waals surface area contributed by atoms with Crippen molar-refractivity contribution in [2.45, 2.75) is 19.2 Å². The summed E-state index contributed by atoms with van der Waals surface area (Å²) < 4.78 is 5.53. The summed E-state index contributed by atoms with van der Waals surface area (Å²) in [6, 6.07) is 5.45. The molecule has 1 aromatic carbocycles. The van der Waals surface area contributed by atoms with E-state index in [9.17, 15) is 4.79 Å². The van der Waals surface area contributed by atoms with E-state index in [1.165, 1.54) is 0 Å². The fourth-order valence-corrected chi connectivity index (χ4v) is 2.51. The number of benzene rings is 1. The van der Waals surface area contributed by atoms with E-state index in [1.54, 1.807) is 19.1 Å². The van der Waals surface area contributed by atoms with Crippen LogP contribution in [0.3, 0.4) is 0 Å². The van der Waals surface area contributed by atoms with Gasteiger partial charge < -0.3 is 4.74 Å². The Morgan fingerprint density at radius 2 is 2.29 bits per heavy atom. The molecule has 0 fully saturated rings. The molecule has 0 radical (unpaired) electrons. The molecule has 0 amide bonds. The summed E-state index contributed by atoms with van der Waals surface area (Å²) in [7, 11) is 0. The van der Waals surface area contributed by atoms with Crippen LogP contribution in [0, 0.1) is 11.3 Å². The summed E-state index contributed by atoms with van der Waals surface area (Å²) in [5.41, 5.74) is 2.05. The van der Waals surface area contributed by atoms with Crippen molar-refractivity contribution in [3.05, 3.63) is 33.3 Å². The average Bonchev–Trinajstić information content (AvgIpc) is 2.30. The Bertz CT molecular complexity index is 468. The number of hydrogen-bond acceptors (Lipinski definition) is 3. The topological polar surface area (TPSA) is 50.1 Å². The van der Waals surface area contributed by atoms with Crippen LogP contribution in [0.5, 0.6) is 0 Å². The van der Waals surface area contributed by atoms with Crippen LogP contribution in [0.2, 0.25) is 0 Å². The molecule has 3 nitrogen and oxygen atoms in total. The molecule has 0 saturated carbocycles. The number of ether oxygens (including phenoxy) is 1. The molecule has 0 heterocycles. The smallest absolute Gasteiger partial charge is 0.310 e. The Kier molecular flexibility index (Phi) is 5.46. The molecule has 0 aliphatic heterocycles. The minimum Gasteiger partial charge on any atom is -0.466 e. The maximum absolute atomic E-state index is 11.4. The zero-order valence-electron chi connectivity index (χ0n) is 9.30. The van der Waals surface area contributed by atoms with Crippen molar-refractivity contribution in [1.29, 1.82) is 5.26 Å². The molecule has 90 valence electrons. The minimum atomic E-state index is -0.296. The molecule has 0 saturated heterocycles. The summed E-state index contributed by atoms with van der Waals surface area (Å²) in [6.45, 7) is 2.11. The number of carbonyl (C=O) groups is 1. The predicted octanol–water partition coefficient (Wildman–Crippen LogP) is 3.17. The Labute approximate surface area is 113 Å². The van der Waals surface area contributed by atoms with E-state index in [0.717, 1.165) is 11.1 Å². The van der Waals surface area contributed by atoms with Crippen LogP contribution in [-0.2, 0) is 21.8 Å². The summed E-state index contributed by atoms with van der Waals surface area (Å²) in [4.78, 5) is 11.4. The lowest BCUT2D eigenvalue weighted by Crippen LogP contribution is -2.09. The molecule has 17 heavy (non-hydrogen) atoms. The second-order valence-electron chi connectivity index (χ2n) is 3.29. The number of halogens is 2. The Morgan fingerprint density at radius 3 is 2.82 bits per heavy atom. The molecule has 0 aliphatic carbocycles. The van der Waals surface area contributed by atoms with Gasteiger partial charge in [-0.2, -0.15) is 5.26 Å². The minimum absolute atomic E-state index is 0.167. The first kappa shape index (κ1) is 14.0. The fraction of sp³-hybridized carbons (Fsp3) is 0.333. The van der Waals surface area contributed by atoms with E-state index >= 15 is 0 Å². The zero-order chi connectivity index (χ0) is 12.8. The monoisotopic (exact) mass is 315 g/mol. The van der Waals surface area contributed by atoms with E-state index in [1.807, 2.05) is 0 Å². The zero-order valence-corrected chi connectivity index (χ0v) is 11.6. The van der Waals surface area contributed by atoms with Gasteiger partial charge in [0.15, 0.2) is 0 Å². The van der Waals surface area contributed by atoms with E-state index in [2.05, 4.69) is 22.0 Å². The molecule has 0 unspecified atom stereocenters. The maximum atomic E-state index is 11.4. The van der Waals surface area contributed by atoms with Crippen LogP contribution in [0.15, 0.2) is 16.6 Å². The van der Waals surface area contributed by atoms with E-state index in [4.69, 9.17) is 21.6 Å². The summed E-state index contributed by atoms with van der Waals surface area (Å²) in [6.07, 6.45) is 0.167. The highest BCUT2D eigenvalue weighted by Crippen LogP contribution is 2.27. The van der Waals surface area contributed by atoms with Crippen molar-refractivity contribution in [1.82, 2.24) is 0 Å². The first-order chi connectivity index (χ1) is 8.13. The van der Waals surface area contributed by atoms with Crippen molar-refractivity contribution in [2.24, 2.45) is 0 Å². The van der Waals surface area contributed by atoms with Crippen molar-refractivity contribution >= 4 is 33.5 Å². The highest BCUT2D eigenvalue weighted by molar-refractivity contribution is 9.10. The van der Waals surface area contributed by atoms with Crippen LogP contribution in [-0.4, -0.2) is 12.6 Å². The van der Waals surface area contributed by atoms with Gasteiger partial charge in [-0.3, -0.25) is 4.79 Å². The first-order valence-corrected chi connectivity index (χ1v) is 6.38. The largest absolute Gasteiger partial charge is 0.466 e. The van der Waals surface area contributed by atoms with E-state index in [-0.39, 0.29) is 18.3 Å². The Balaban J connectivity index is 3.05. The lowest BCUT2D eigenvalue weighted by Gasteiger charge is -2.10. The van der Waals surface area contributed by atoms with Gasteiger partial charge in [0.1, 0.15) is 6.07 Å². The highest BCUT2D eigenvalue weighted by Gasteiger charge is 2.13. The Morgan fingerprint density at radius 1 is 1.59 bits per heavy atom. The van der Waals surface area contributed by atoms with Gasteiger partial charge in [0.2, 0.25) is 0 Å². The van der Waals surface area contributed by atoms with Gasteiger partial charge in [-0.15, -0.1) is 11.6 Å². The fourth-order valence-electron chi connectivity index (χ4n) is 1.43. The number of rotatable bonds is 4. The standard InChI is InChI=1S/C12H11BrClNO2/c1-2-17-11(16)5-8-3-4-9(7-15)12(13)10(8)6-14/h3-4H,2,5-6H2,1H3. The second kappa shape index (κ2) is 6.63. The van der Waals surface area contributed by atoms with Crippen molar-refractivity contribution in [3.8, 4) is 6.07 Å². The number of nitrogens with zero attached hydrogens (tertiary/aromatic N) is 1. The lowest BCUT2D eigenvalue weighted by atomic mass is 10.0. The SMILES string of the molecule is CCOC(=O)Cc1ccc(C#N)c(Br)c1CCl. The maximum Gasteiger partial charge on any atom is 0.310 e. The molecular formula is C12H11BrClNO2. The van der Waals surface area contributed by atoms with Gasteiger partial charge in [-0.25, -0.2) is 0 Å². The highest BCUT2D eigenvalue weighted by atomic mass is 79.9. The van der Waals surface area contributed by atoms with Gasteiger partial charge in [-0.05, 0) is 40.0 Å². The first-order valence-electron chi connectivity index (χ1n) is 5.06. The predicted molar refractivity (Wildman–Crippen MR) is 68.8 cm³/mol. The molecule has 0 aromatic heterocycles. The number of alkyl halides is 1. The molecule has 5 heteroatoms. The van der Waals surface area contributed by atoms with Crippen LogP contribution in [0.25, 0.3) is 0 Å². The quantitative estimate of drug-likeness (QED) is 0.633. The number of carbonyl (C=O) groups excluding carboxylic acids is 1. The van der Waals surface area contributed by atoms with Crippen molar-refractivity contribution < 1.29 is 9.53 Å². The summed E-state index contributed by atoms with van der Waals surface area (Å²) >= 11 is 9.16. The van der Waals surface area contributed by atoms with Gasteiger partial charge in [0.05, 0.1) is 18.6 Å². The van der Waals surface area contributed by atoms with Gasteiger partial charge >= 0.3 is 5.97 Å². The van der Waals surface area contributed by atoms with Gasteiger partial charge in [-0.1, -0.05) is 6.07 Å². The van der Waals surface area contributed by atoms with Gasteiger partial charge in [0.25, 0.3) is 0 Å². The third-order valence-corrected chi connectivity index (χ3v) is 3.41. The molecule has 0 spiro atoms. The van der Waals surface area contributed by atoms with Crippen LogP contribution >= 0.6 is 27.5 Å². The van der Waals surface area contributed by atoms with Gasteiger partial charge in [0, 0.05) is 10.4 Å². The number of hydrogen-bond donors (Lipinski definition) is 0. The van der Waals surface area contributed by atoms with E-state index in [0.29, 0.717) is 16.6 Å². The molecule has 1 aromatic rings. The Hall–Kier alpha value is -1.05. The number of esters is 1. The molecule has 0 bridgehead atoms. The molecule has 0 atom stereocenters. The molecular weight excluding hydrogens is 305 g/mol. The summed E-state index contributed by atoms with van der Waals surface area (Å²) in [5, 5.41) is 8.88. The summed E-state index contributed by atoms with van der Waals surface area (Å²) in [5.74, 6) is -0.0549. The molecule has 0 aliphatic rings. The number of nitriles is 1. The van der Waals surface area contributed by atoms with Crippen LogP contribution in [0.4, 0.5) is 0 Å². The normalized spacial score (nSPS) is 9.76. The van der Waals surface area contributed by atoms with Crippen molar-refractivity contribution in [2.75, 3.05) is 6.61 Å². The lowest BCUT2D eigenvalue weighted by molar-refractivity contribution is -0.142.